The van der Waals surface area contributed by atoms with Crippen molar-refractivity contribution in [1.29, 1.82) is 0 Å². The van der Waals surface area contributed by atoms with Crippen LogP contribution >= 0.6 is 0 Å². The maximum Gasteiger partial charge on any atom is 0.309 e. The molecule has 5 nitrogen and oxygen atoms in total. The van der Waals surface area contributed by atoms with Crippen LogP contribution < -0.4 is 5.32 Å². The SMILES string of the molecule is COC(=O)[C@@H]1CCC[C@H]1C(=O)c1ccc(-c2ccc(NC=O)c(F)c2)cc1. The summed E-state index contributed by atoms with van der Waals surface area (Å²) < 4.78 is 18.8. The van der Waals surface area contributed by atoms with Crippen LogP contribution in [0.2, 0.25) is 0 Å². The molecule has 1 amide bonds. The topological polar surface area (TPSA) is 72.5 Å². The number of esters is 1. The van der Waals surface area contributed by atoms with Crippen LogP contribution in [0.15, 0.2) is 42.5 Å². The number of halogens is 1. The van der Waals surface area contributed by atoms with Gasteiger partial charge in [0.1, 0.15) is 5.82 Å². The highest BCUT2D eigenvalue weighted by molar-refractivity contribution is 6.00. The molecule has 1 fully saturated rings. The van der Waals surface area contributed by atoms with E-state index in [4.69, 9.17) is 4.74 Å². The normalized spacial score (nSPS) is 18.7. The molecule has 0 aromatic heterocycles. The zero-order chi connectivity index (χ0) is 19.4. The van der Waals surface area contributed by atoms with Crippen molar-refractivity contribution >= 4 is 23.9 Å². The first-order valence-corrected chi connectivity index (χ1v) is 8.77. The van der Waals surface area contributed by atoms with Crippen molar-refractivity contribution in [1.82, 2.24) is 0 Å². The van der Waals surface area contributed by atoms with Crippen LogP contribution in [0, 0.1) is 17.7 Å². The van der Waals surface area contributed by atoms with Crippen LogP contribution in [0.5, 0.6) is 0 Å². The first-order chi connectivity index (χ1) is 13.0. The van der Waals surface area contributed by atoms with Gasteiger partial charge in [-0.15, -0.1) is 0 Å². The lowest BCUT2D eigenvalue weighted by molar-refractivity contribution is -0.146. The molecule has 2 aromatic carbocycles. The summed E-state index contributed by atoms with van der Waals surface area (Å²) in [6.45, 7) is 0. The Kier molecular flexibility index (Phi) is 5.64. The van der Waals surface area contributed by atoms with E-state index in [1.165, 1.54) is 19.2 Å². The summed E-state index contributed by atoms with van der Waals surface area (Å²) in [5.74, 6) is -1.66. The van der Waals surface area contributed by atoms with Gasteiger partial charge < -0.3 is 10.1 Å². The lowest BCUT2D eigenvalue weighted by Crippen LogP contribution is -2.26. The molecule has 140 valence electrons. The van der Waals surface area contributed by atoms with Crippen molar-refractivity contribution in [2.45, 2.75) is 19.3 Å². The van der Waals surface area contributed by atoms with E-state index < -0.39 is 5.82 Å². The lowest BCUT2D eigenvalue weighted by Gasteiger charge is -2.16. The summed E-state index contributed by atoms with van der Waals surface area (Å²) in [5.41, 5.74) is 2.02. The smallest absolute Gasteiger partial charge is 0.309 e. The number of hydrogen-bond acceptors (Lipinski definition) is 4. The van der Waals surface area contributed by atoms with Crippen LogP contribution in [0.25, 0.3) is 11.1 Å². The first-order valence-electron chi connectivity index (χ1n) is 8.77. The van der Waals surface area contributed by atoms with Gasteiger partial charge in [-0.3, -0.25) is 14.4 Å². The van der Waals surface area contributed by atoms with Gasteiger partial charge in [0.2, 0.25) is 6.41 Å². The number of rotatable bonds is 6. The summed E-state index contributed by atoms with van der Waals surface area (Å²) in [7, 11) is 1.34. The summed E-state index contributed by atoms with van der Waals surface area (Å²) >= 11 is 0. The number of ether oxygens (including phenoxy) is 1. The predicted octanol–water partition coefficient (Wildman–Crippen LogP) is 3.83. The van der Waals surface area contributed by atoms with E-state index in [1.807, 2.05) is 0 Å². The van der Waals surface area contributed by atoms with Gasteiger partial charge >= 0.3 is 5.97 Å². The third kappa shape index (κ3) is 3.89. The molecule has 1 aliphatic carbocycles. The Hall–Kier alpha value is -3.02. The Bertz CT molecular complexity index is 863. The monoisotopic (exact) mass is 369 g/mol. The average molecular weight is 369 g/mol. The van der Waals surface area contributed by atoms with Gasteiger partial charge in [-0.2, -0.15) is 0 Å². The molecule has 2 aromatic rings. The molecular formula is C21H20FNO4. The summed E-state index contributed by atoms with van der Waals surface area (Å²) in [6, 6.07) is 11.4. The molecule has 0 bridgehead atoms. The highest BCUT2D eigenvalue weighted by atomic mass is 19.1. The maximum absolute atomic E-state index is 14.0. The number of amides is 1. The van der Waals surface area contributed by atoms with Crippen LogP contribution in [0.4, 0.5) is 10.1 Å². The number of hydrogen-bond donors (Lipinski definition) is 1. The minimum absolute atomic E-state index is 0.0637. The van der Waals surface area contributed by atoms with Crippen molar-refractivity contribution in [3.05, 3.63) is 53.8 Å². The van der Waals surface area contributed by atoms with Crippen molar-refractivity contribution in [2.75, 3.05) is 12.4 Å². The first kappa shape index (κ1) is 18.8. The van der Waals surface area contributed by atoms with Crippen LogP contribution in [0.3, 0.4) is 0 Å². The van der Waals surface area contributed by atoms with Gasteiger partial charge in [0, 0.05) is 11.5 Å². The standard InChI is InChI=1S/C21H20FNO4/c1-27-21(26)17-4-2-3-16(17)20(25)14-7-5-13(6-8-14)15-9-10-19(23-12-24)18(22)11-15/h5-12,16-17H,2-4H2,1H3,(H,23,24)/t16-,17-/m1/s1. The molecule has 1 aliphatic rings. The van der Waals surface area contributed by atoms with Crippen molar-refractivity contribution in [3.8, 4) is 11.1 Å². The molecular weight excluding hydrogens is 349 g/mol. The summed E-state index contributed by atoms with van der Waals surface area (Å²) in [4.78, 5) is 35.1. The molecule has 1 saturated carbocycles. The molecule has 0 heterocycles. The fourth-order valence-corrected chi connectivity index (χ4v) is 3.62. The number of nitrogens with one attached hydrogen (secondary N) is 1. The van der Waals surface area contributed by atoms with Gasteiger partial charge in [0.25, 0.3) is 0 Å². The van der Waals surface area contributed by atoms with E-state index >= 15 is 0 Å². The van der Waals surface area contributed by atoms with Gasteiger partial charge in [-0.05, 0) is 36.1 Å². The highest BCUT2D eigenvalue weighted by Gasteiger charge is 2.38. The van der Waals surface area contributed by atoms with Crippen LogP contribution in [-0.4, -0.2) is 25.3 Å². The number of carbonyl (C=O) groups excluding carboxylic acids is 3. The van der Waals surface area contributed by atoms with Crippen LogP contribution in [-0.2, 0) is 14.3 Å². The van der Waals surface area contributed by atoms with Crippen molar-refractivity contribution < 1.29 is 23.5 Å². The number of anilines is 1. The molecule has 3 rings (SSSR count). The van der Waals surface area contributed by atoms with E-state index in [1.54, 1.807) is 30.3 Å². The van der Waals surface area contributed by atoms with E-state index in [2.05, 4.69) is 5.32 Å². The van der Waals surface area contributed by atoms with Crippen LogP contribution in [0.1, 0.15) is 29.6 Å². The number of Topliss-reactive ketones (excluding diaryl/α,β-unsaturated/α-hetero) is 1. The molecule has 0 unspecified atom stereocenters. The van der Waals surface area contributed by atoms with E-state index in [-0.39, 0.29) is 29.3 Å². The van der Waals surface area contributed by atoms with Crippen molar-refractivity contribution in [3.63, 3.8) is 0 Å². The molecule has 0 radical (unpaired) electrons. The second kappa shape index (κ2) is 8.12. The van der Waals surface area contributed by atoms with E-state index in [0.717, 1.165) is 12.0 Å². The fraction of sp³-hybridized carbons (Fsp3) is 0.286. The third-order valence-corrected chi connectivity index (χ3v) is 5.04. The van der Waals surface area contributed by atoms with Gasteiger partial charge in [-0.25, -0.2) is 4.39 Å². The number of carbonyl (C=O) groups is 3. The predicted molar refractivity (Wildman–Crippen MR) is 98.7 cm³/mol. The molecule has 27 heavy (non-hydrogen) atoms. The zero-order valence-corrected chi connectivity index (χ0v) is 14.9. The Balaban J connectivity index is 1.79. The molecule has 1 N–H and O–H groups in total. The molecule has 2 atom stereocenters. The summed E-state index contributed by atoms with van der Waals surface area (Å²) in [5, 5.41) is 2.29. The van der Waals surface area contributed by atoms with E-state index in [9.17, 15) is 18.8 Å². The second-order valence-corrected chi connectivity index (χ2v) is 6.57. The van der Waals surface area contributed by atoms with E-state index in [0.29, 0.717) is 30.4 Å². The highest BCUT2D eigenvalue weighted by Crippen LogP contribution is 2.35. The third-order valence-electron chi connectivity index (χ3n) is 5.04. The van der Waals surface area contributed by atoms with Crippen molar-refractivity contribution in [2.24, 2.45) is 11.8 Å². The largest absolute Gasteiger partial charge is 0.469 e. The number of benzene rings is 2. The zero-order valence-electron chi connectivity index (χ0n) is 14.9. The Morgan fingerprint density at radius 3 is 2.37 bits per heavy atom. The summed E-state index contributed by atoms with van der Waals surface area (Å²) in [6.07, 6.45) is 2.59. The fourth-order valence-electron chi connectivity index (χ4n) is 3.62. The molecule has 0 spiro atoms. The molecule has 6 heteroatoms. The Labute approximate surface area is 156 Å². The Morgan fingerprint density at radius 1 is 1.07 bits per heavy atom. The minimum Gasteiger partial charge on any atom is -0.469 e. The quantitative estimate of drug-likeness (QED) is 0.477. The Morgan fingerprint density at radius 2 is 1.74 bits per heavy atom. The van der Waals surface area contributed by atoms with Gasteiger partial charge in [0.15, 0.2) is 5.78 Å². The average Bonchev–Trinajstić information content (AvgIpc) is 3.18. The second-order valence-electron chi connectivity index (χ2n) is 6.57. The number of ketones is 1. The van der Waals surface area contributed by atoms with Gasteiger partial charge in [-0.1, -0.05) is 36.8 Å². The maximum atomic E-state index is 14.0. The minimum atomic E-state index is -0.536. The molecule has 0 saturated heterocycles. The van der Waals surface area contributed by atoms with Gasteiger partial charge in [0.05, 0.1) is 18.7 Å². The molecule has 0 aliphatic heterocycles. The number of methoxy groups -OCH3 is 1. The lowest BCUT2D eigenvalue weighted by atomic mass is 9.88.